The molecule has 1 rings (SSSR count). The number of halogens is 2. The monoisotopic (exact) mass is 262 g/mol. The normalized spacial score (nSPS) is 10.8. The van der Waals surface area contributed by atoms with Crippen molar-refractivity contribution < 1.29 is 14.3 Å². The van der Waals surface area contributed by atoms with E-state index in [1.165, 1.54) is 14.2 Å². The third-order valence-electron chi connectivity index (χ3n) is 2.12. The lowest BCUT2D eigenvalue weighted by Gasteiger charge is -2.13. The van der Waals surface area contributed by atoms with E-state index < -0.39 is 6.29 Å². The molecule has 0 aliphatic heterocycles. The molecule has 0 spiro atoms. The summed E-state index contributed by atoms with van der Waals surface area (Å²) in [6.45, 7) is 0. The average molecular weight is 263 g/mol. The van der Waals surface area contributed by atoms with Crippen molar-refractivity contribution in [1.82, 2.24) is 0 Å². The lowest BCUT2D eigenvalue weighted by Crippen LogP contribution is -2.18. The predicted molar refractivity (Wildman–Crippen MR) is 63.2 cm³/mol. The van der Waals surface area contributed by atoms with Crippen LogP contribution in [0.15, 0.2) is 18.2 Å². The van der Waals surface area contributed by atoms with Gasteiger partial charge in [0.1, 0.15) is 0 Å². The van der Waals surface area contributed by atoms with Crippen LogP contribution in [0, 0.1) is 0 Å². The van der Waals surface area contributed by atoms with Crippen molar-refractivity contribution in [3.05, 3.63) is 33.8 Å². The maximum Gasteiger partial charge on any atom is 0.170 e. The standard InChI is InChI=1S/C11H12Cl2O3/c1-15-10(16-2)6-9(14)11-7(12)4-3-5-8(11)13/h3-5,10H,6H2,1-2H3. The molecule has 16 heavy (non-hydrogen) atoms. The molecular weight excluding hydrogens is 251 g/mol. The minimum absolute atomic E-state index is 0.0798. The van der Waals surface area contributed by atoms with Gasteiger partial charge in [-0.1, -0.05) is 29.3 Å². The van der Waals surface area contributed by atoms with Gasteiger partial charge in [-0.15, -0.1) is 0 Å². The molecule has 1 aromatic rings. The van der Waals surface area contributed by atoms with Gasteiger partial charge < -0.3 is 9.47 Å². The molecule has 0 radical (unpaired) electrons. The third-order valence-corrected chi connectivity index (χ3v) is 2.75. The van der Waals surface area contributed by atoms with Crippen LogP contribution in [0.1, 0.15) is 16.8 Å². The van der Waals surface area contributed by atoms with Crippen LogP contribution in [0.4, 0.5) is 0 Å². The fourth-order valence-corrected chi connectivity index (χ4v) is 1.89. The molecule has 0 atom stereocenters. The predicted octanol–water partition coefficient (Wildman–Crippen LogP) is 3.19. The zero-order valence-electron chi connectivity index (χ0n) is 9.00. The van der Waals surface area contributed by atoms with E-state index >= 15 is 0 Å². The highest BCUT2D eigenvalue weighted by Crippen LogP contribution is 2.26. The molecule has 0 amide bonds. The molecule has 0 fully saturated rings. The van der Waals surface area contributed by atoms with Crippen molar-refractivity contribution in [2.75, 3.05) is 14.2 Å². The molecule has 3 nitrogen and oxygen atoms in total. The van der Waals surface area contributed by atoms with Crippen LogP contribution in [0.3, 0.4) is 0 Å². The fraction of sp³-hybridized carbons (Fsp3) is 0.364. The number of Topliss-reactive ketones (excluding diaryl/α,β-unsaturated/α-hetero) is 1. The Labute approximate surface area is 104 Å². The van der Waals surface area contributed by atoms with E-state index in [1.54, 1.807) is 18.2 Å². The van der Waals surface area contributed by atoms with Gasteiger partial charge in [0, 0.05) is 14.2 Å². The molecule has 0 aliphatic carbocycles. The highest BCUT2D eigenvalue weighted by atomic mass is 35.5. The van der Waals surface area contributed by atoms with Crippen LogP contribution >= 0.6 is 23.2 Å². The Morgan fingerprint density at radius 2 is 1.75 bits per heavy atom. The number of benzene rings is 1. The Morgan fingerprint density at radius 3 is 2.19 bits per heavy atom. The first-order valence-electron chi connectivity index (χ1n) is 4.63. The first kappa shape index (κ1) is 13.5. The van der Waals surface area contributed by atoms with Crippen molar-refractivity contribution in [2.24, 2.45) is 0 Å². The summed E-state index contributed by atoms with van der Waals surface area (Å²) in [6, 6.07) is 4.93. The first-order valence-corrected chi connectivity index (χ1v) is 5.38. The van der Waals surface area contributed by atoms with Crippen molar-refractivity contribution >= 4 is 29.0 Å². The zero-order valence-corrected chi connectivity index (χ0v) is 10.5. The van der Waals surface area contributed by atoms with Gasteiger partial charge in [-0.3, -0.25) is 4.79 Å². The molecule has 0 aromatic heterocycles. The summed E-state index contributed by atoms with van der Waals surface area (Å²) < 4.78 is 9.88. The molecule has 0 bridgehead atoms. The van der Waals surface area contributed by atoms with E-state index in [-0.39, 0.29) is 12.2 Å². The maximum absolute atomic E-state index is 11.9. The summed E-state index contributed by atoms with van der Waals surface area (Å²) in [5.41, 5.74) is 0.310. The molecule has 5 heteroatoms. The van der Waals surface area contributed by atoms with Gasteiger partial charge in [0.05, 0.1) is 22.0 Å². The van der Waals surface area contributed by atoms with Crippen LogP contribution in [0.2, 0.25) is 10.0 Å². The second-order valence-corrected chi connectivity index (χ2v) is 3.94. The Bertz CT molecular complexity index is 355. The highest BCUT2D eigenvalue weighted by Gasteiger charge is 2.18. The number of methoxy groups -OCH3 is 2. The summed E-state index contributed by atoms with van der Waals surface area (Å²) in [5.74, 6) is -0.204. The smallest absolute Gasteiger partial charge is 0.170 e. The molecule has 0 unspecified atom stereocenters. The largest absolute Gasteiger partial charge is 0.355 e. The maximum atomic E-state index is 11.9. The van der Waals surface area contributed by atoms with Crippen LogP contribution in [0.5, 0.6) is 0 Å². The number of hydrogen-bond acceptors (Lipinski definition) is 3. The van der Waals surface area contributed by atoms with Crippen molar-refractivity contribution in [3.63, 3.8) is 0 Å². The van der Waals surface area contributed by atoms with Crippen molar-refractivity contribution in [1.29, 1.82) is 0 Å². The molecule has 0 saturated carbocycles. The van der Waals surface area contributed by atoms with E-state index in [1.807, 2.05) is 0 Å². The Kier molecular flexibility index (Phi) is 5.22. The van der Waals surface area contributed by atoms with Crippen molar-refractivity contribution in [2.45, 2.75) is 12.7 Å². The number of ether oxygens (including phenoxy) is 2. The number of carbonyl (C=O) groups is 1. The molecule has 0 aliphatic rings. The summed E-state index contributed by atoms with van der Waals surface area (Å²) in [7, 11) is 2.94. The number of ketones is 1. The lowest BCUT2D eigenvalue weighted by atomic mass is 10.1. The summed E-state index contributed by atoms with van der Waals surface area (Å²) in [5, 5.41) is 0.673. The summed E-state index contributed by atoms with van der Waals surface area (Å²) >= 11 is 11.8. The molecule has 0 saturated heterocycles. The lowest BCUT2D eigenvalue weighted by molar-refractivity contribution is -0.0993. The van der Waals surface area contributed by atoms with Gasteiger partial charge >= 0.3 is 0 Å². The van der Waals surface area contributed by atoms with Gasteiger partial charge in [-0.2, -0.15) is 0 Å². The SMILES string of the molecule is COC(CC(=O)c1c(Cl)cccc1Cl)OC. The quantitative estimate of drug-likeness (QED) is 0.604. The minimum atomic E-state index is -0.583. The second-order valence-electron chi connectivity index (χ2n) is 3.12. The van der Waals surface area contributed by atoms with E-state index in [0.29, 0.717) is 15.6 Å². The highest BCUT2D eigenvalue weighted by molar-refractivity contribution is 6.39. The molecule has 0 N–H and O–H groups in total. The van der Waals surface area contributed by atoms with E-state index in [4.69, 9.17) is 32.7 Å². The van der Waals surface area contributed by atoms with Crippen LogP contribution in [0.25, 0.3) is 0 Å². The molecule has 88 valence electrons. The Hall–Kier alpha value is -0.610. The molecular formula is C11H12Cl2O3. The van der Waals surface area contributed by atoms with Crippen molar-refractivity contribution in [3.8, 4) is 0 Å². The Morgan fingerprint density at radius 1 is 1.25 bits per heavy atom. The van der Waals surface area contributed by atoms with Crippen LogP contribution < -0.4 is 0 Å². The van der Waals surface area contributed by atoms with E-state index in [9.17, 15) is 4.79 Å². The fourth-order valence-electron chi connectivity index (χ4n) is 1.28. The average Bonchev–Trinajstić information content (AvgIpc) is 2.25. The number of carbonyl (C=O) groups excluding carboxylic acids is 1. The van der Waals surface area contributed by atoms with Gasteiger partial charge in [0.2, 0.25) is 0 Å². The molecule has 1 aromatic carbocycles. The third kappa shape index (κ3) is 3.19. The van der Waals surface area contributed by atoms with Crippen LogP contribution in [-0.2, 0) is 9.47 Å². The zero-order chi connectivity index (χ0) is 12.1. The summed E-state index contributed by atoms with van der Waals surface area (Å²) in [4.78, 5) is 11.9. The van der Waals surface area contributed by atoms with E-state index in [2.05, 4.69) is 0 Å². The molecule has 0 heterocycles. The number of rotatable bonds is 5. The van der Waals surface area contributed by atoms with Gasteiger partial charge in [0.25, 0.3) is 0 Å². The first-order chi connectivity index (χ1) is 7.60. The van der Waals surface area contributed by atoms with Gasteiger partial charge in [-0.05, 0) is 12.1 Å². The van der Waals surface area contributed by atoms with E-state index in [0.717, 1.165) is 0 Å². The topological polar surface area (TPSA) is 35.5 Å². The second kappa shape index (κ2) is 6.21. The van der Waals surface area contributed by atoms with Gasteiger partial charge in [-0.25, -0.2) is 0 Å². The Balaban J connectivity index is 2.88. The van der Waals surface area contributed by atoms with Gasteiger partial charge in [0.15, 0.2) is 12.1 Å². The van der Waals surface area contributed by atoms with Crippen LogP contribution in [-0.4, -0.2) is 26.3 Å². The summed E-state index contributed by atoms with van der Waals surface area (Å²) in [6.07, 6.45) is -0.504. The number of hydrogen-bond donors (Lipinski definition) is 0. The minimum Gasteiger partial charge on any atom is -0.355 e.